The Hall–Kier alpha value is -3.24. The molecule has 2 aromatic carbocycles. The second-order valence-electron chi connectivity index (χ2n) is 6.65. The van der Waals surface area contributed by atoms with Crippen molar-refractivity contribution in [3.8, 4) is 17.2 Å². The molecule has 0 bridgehead atoms. The molecule has 8 nitrogen and oxygen atoms in total. The van der Waals surface area contributed by atoms with Crippen molar-refractivity contribution >= 4 is 50.0 Å². The Balaban J connectivity index is 1.53. The number of hydrogen-bond donors (Lipinski definition) is 1. The molecule has 0 radical (unpaired) electrons. The van der Waals surface area contributed by atoms with E-state index in [9.17, 15) is 9.59 Å². The van der Waals surface area contributed by atoms with Gasteiger partial charge in [-0.3, -0.25) is 9.78 Å². The Morgan fingerprint density at radius 2 is 1.88 bits per heavy atom. The Morgan fingerprint density at radius 1 is 1.09 bits per heavy atom. The number of hydrogen-bond acceptors (Lipinski definition) is 7. The van der Waals surface area contributed by atoms with Crippen molar-refractivity contribution in [2.45, 2.75) is 6.92 Å². The standard InChI is InChI=1S/C22H15Br2N3O5/c1-12-2-3-14(9-25-12)21(28)27-26-10-15-6-16(23)8-17(24)20(15)32-22(29)13-4-5-18-19(7-13)31-11-30-18/h2-10H,11H2,1H3,(H,27,28)/b26-10+. The largest absolute Gasteiger partial charge is 0.454 e. The molecule has 1 aliphatic rings. The summed E-state index contributed by atoms with van der Waals surface area (Å²) in [6, 6.07) is 11.6. The summed E-state index contributed by atoms with van der Waals surface area (Å²) in [6.45, 7) is 1.94. The first-order valence-electron chi connectivity index (χ1n) is 9.27. The van der Waals surface area contributed by atoms with Gasteiger partial charge < -0.3 is 14.2 Å². The van der Waals surface area contributed by atoms with Gasteiger partial charge >= 0.3 is 5.97 Å². The van der Waals surface area contributed by atoms with Crippen molar-refractivity contribution in [2.75, 3.05) is 6.79 Å². The summed E-state index contributed by atoms with van der Waals surface area (Å²) in [7, 11) is 0. The summed E-state index contributed by atoms with van der Waals surface area (Å²) < 4.78 is 17.4. The highest BCUT2D eigenvalue weighted by molar-refractivity contribution is 9.11. The lowest BCUT2D eigenvalue weighted by Crippen LogP contribution is -2.18. The van der Waals surface area contributed by atoms with Crippen LogP contribution in [0.15, 0.2) is 62.7 Å². The minimum atomic E-state index is -0.587. The highest BCUT2D eigenvalue weighted by Gasteiger charge is 2.19. The SMILES string of the molecule is Cc1ccc(C(=O)N/N=C/c2cc(Br)cc(Br)c2OC(=O)c2ccc3c(c2)OCO3)cn1. The Morgan fingerprint density at radius 3 is 2.66 bits per heavy atom. The van der Waals surface area contributed by atoms with E-state index < -0.39 is 11.9 Å². The van der Waals surface area contributed by atoms with Gasteiger partial charge in [-0.15, -0.1) is 0 Å². The third kappa shape index (κ3) is 4.97. The highest BCUT2D eigenvalue weighted by Crippen LogP contribution is 2.35. The maximum Gasteiger partial charge on any atom is 0.343 e. The number of halogens is 2. The predicted molar refractivity (Wildman–Crippen MR) is 123 cm³/mol. The second kappa shape index (κ2) is 9.49. The molecular formula is C22H15Br2N3O5. The molecule has 162 valence electrons. The zero-order valence-corrected chi connectivity index (χ0v) is 19.8. The summed E-state index contributed by atoms with van der Waals surface area (Å²) in [5.41, 5.74) is 4.37. The van der Waals surface area contributed by atoms with E-state index in [4.69, 9.17) is 14.2 Å². The van der Waals surface area contributed by atoms with Crippen LogP contribution in [0.4, 0.5) is 0 Å². The van der Waals surface area contributed by atoms with E-state index in [1.807, 2.05) is 6.92 Å². The molecule has 1 amide bonds. The number of carbonyl (C=O) groups is 2. The van der Waals surface area contributed by atoms with E-state index in [2.05, 4.69) is 47.4 Å². The van der Waals surface area contributed by atoms with Gasteiger partial charge in [0.1, 0.15) is 0 Å². The molecule has 0 fully saturated rings. The average molecular weight is 561 g/mol. The minimum Gasteiger partial charge on any atom is -0.454 e. The van der Waals surface area contributed by atoms with Crippen LogP contribution in [0.2, 0.25) is 0 Å². The third-order valence-electron chi connectivity index (χ3n) is 4.38. The fourth-order valence-electron chi connectivity index (χ4n) is 2.79. The quantitative estimate of drug-likeness (QED) is 0.211. The van der Waals surface area contributed by atoms with Crippen molar-refractivity contribution in [1.82, 2.24) is 10.4 Å². The molecule has 3 aromatic rings. The fraction of sp³-hybridized carbons (Fsp3) is 0.0909. The van der Waals surface area contributed by atoms with E-state index in [-0.39, 0.29) is 12.5 Å². The maximum absolute atomic E-state index is 12.7. The topological polar surface area (TPSA) is 99.1 Å². The molecule has 0 aliphatic carbocycles. The molecule has 1 aliphatic heterocycles. The zero-order valence-electron chi connectivity index (χ0n) is 16.6. The number of esters is 1. The molecule has 1 aromatic heterocycles. The van der Waals surface area contributed by atoms with Crippen LogP contribution in [-0.2, 0) is 0 Å². The number of ether oxygens (including phenoxy) is 3. The molecule has 2 heterocycles. The van der Waals surface area contributed by atoms with Gasteiger partial charge in [-0.05, 0) is 65.3 Å². The number of benzene rings is 2. The Bertz CT molecular complexity index is 1230. The normalized spacial score (nSPS) is 12.1. The number of hydrazone groups is 1. The molecule has 0 saturated heterocycles. The van der Waals surface area contributed by atoms with E-state index in [0.717, 1.165) is 10.2 Å². The number of rotatable bonds is 5. The van der Waals surface area contributed by atoms with E-state index >= 15 is 0 Å². The molecule has 32 heavy (non-hydrogen) atoms. The predicted octanol–water partition coefficient (Wildman–Crippen LogP) is 4.63. The smallest absolute Gasteiger partial charge is 0.343 e. The van der Waals surface area contributed by atoms with Gasteiger partial charge in [-0.2, -0.15) is 5.10 Å². The average Bonchev–Trinajstić information content (AvgIpc) is 3.24. The lowest BCUT2D eigenvalue weighted by Gasteiger charge is -2.11. The van der Waals surface area contributed by atoms with Crippen LogP contribution in [0.5, 0.6) is 17.2 Å². The van der Waals surface area contributed by atoms with Crippen molar-refractivity contribution in [2.24, 2.45) is 5.10 Å². The van der Waals surface area contributed by atoms with Crippen LogP contribution in [0.3, 0.4) is 0 Å². The molecule has 0 unspecified atom stereocenters. The first kappa shape index (κ1) is 22.0. The summed E-state index contributed by atoms with van der Waals surface area (Å²) in [4.78, 5) is 29.0. The number of nitrogens with one attached hydrogen (secondary N) is 1. The number of amides is 1. The lowest BCUT2D eigenvalue weighted by atomic mass is 10.2. The van der Waals surface area contributed by atoms with E-state index in [0.29, 0.717) is 32.7 Å². The van der Waals surface area contributed by atoms with Crippen LogP contribution in [-0.4, -0.2) is 29.9 Å². The van der Waals surface area contributed by atoms with Crippen molar-refractivity contribution < 1.29 is 23.8 Å². The van der Waals surface area contributed by atoms with Crippen molar-refractivity contribution in [1.29, 1.82) is 0 Å². The van der Waals surface area contributed by atoms with Gasteiger partial charge in [0.15, 0.2) is 17.2 Å². The molecule has 0 saturated carbocycles. The maximum atomic E-state index is 12.7. The van der Waals surface area contributed by atoms with Gasteiger partial charge in [-0.25, -0.2) is 10.2 Å². The number of aryl methyl sites for hydroxylation is 1. The summed E-state index contributed by atoms with van der Waals surface area (Å²) in [5.74, 6) is 0.284. The van der Waals surface area contributed by atoms with Crippen LogP contribution in [0.1, 0.15) is 32.0 Å². The van der Waals surface area contributed by atoms with Crippen LogP contribution < -0.4 is 19.6 Å². The van der Waals surface area contributed by atoms with Gasteiger partial charge in [0.2, 0.25) is 6.79 Å². The Kier molecular flexibility index (Phi) is 6.52. The van der Waals surface area contributed by atoms with Crippen LogP contribution >= 0.6 is 31.9 Å². The fourth-order valence-corrected chi connectivity index (χ4v) is 4.13. The third-order valence-corrected chi connectivity index (χ3v) is 5.43. The lowest BCUT2D eigenvalue weighted by molar-refractivity contribution is 0.0732. The summed E-state index contributed by atoms with van der Waals surface area (Å²) in [5, 5.41) is 3.99. The molecule has 10 heteroatoms. The van der Waals surface area contributed by atoms with E-state index in [1.54, 1.807) is 42.5 Å². The molecule has 4 rings (SSSR count). The zero-order chi connectivity index (χ0) is 22.7. The number of carbonyl (C=O) groups excluding carboxylic acids is 2. The number of pyridine rings is 1. The van der Waals surface area contributed by atoms with Crippen molar-refractivity contribution in [3.63, 3.8) is 0 Å². The monoisotopic (exact) mass is 559 g/mol. The van der Waals surface area contributed by atoms with Gasteiger partial charge in [0, 0.05) is 21.9 Å². The van der Waals surface area contributed by atoms with E-state index in [1.165, 1.54) is 12.4 Å². The first-order valence-corrected chi connectivity index (χ1v) is 10.9. The van der Waals surface area contributed by atoms with Crippen molar-refractivity contribution in [3.05, 3.63) is 80.0 Å². The molecular weight excluding hydrogens is 546 g/mol. The van der Waals surface area contributed by atoms with Gasteiger partial charge in [0.05, 0.1) is 21.8 Å². The second-order valence-corrected chi connectivity index (χ2v) is 8.42. The number of aromatic nitrogens is 1. The van der Waals surface area contributed by atoms with Crippen LogP contribution in [0, 0.1) is 6.92 Å². The van der Waals surface area contributed by atoms with Gasteiger partial charge in [0.25, 0.3) is 5.91 Å². The Labute approximate surface area is 199 Å². The molecule has 0 atom stereocenters. The summed E-state index contributed by atoms with van der Waals surface area (Å²) >= 11 is 6.80. The summed E-state index contributed by atoms with van der Waals surface area (Å²) in [6.07, 6.45) is 2.85. The number of fused-ring (bicyclic) bond motifs is 1. The van der Waals surface area contributed by atoms with Crippen LogP contribution in [0.25, 0.3) is 0 Å². The minimum absolute atomic E-state index is 0.108. The van der Waals surface area contributed by atoms with Gasteiger partial charge in [-0.1, -0.05) is 15.9 Å². The highest BCUT2D eigenvalue weighted by atomic mass is 79.9. The molecule has 1 N–H and O–H groups in total. The molecule has 0 spiro atoms. The first-order chi connectivity index (χ1) is 15.4. The number of nitrogens with zero attached hydrogens (tertiary/aromatic N) is 2.